The molecule has 0 aliphatic carbocycles. The molecule has 0 unspecified atom stereocenters. The van der Waals surface area contributed by atoms with Crippen LogP contribution >= 0.6 is 0 Å². The van der Waals surface area contributed by atoms with Crippen molar-refractivity contribution in [1.29, 1.82) is 0 Å². The first-order chi connectivity index (χ1) is 11.9. The number of nitrogens with one attached hydrogen (secondary N) is 1. The summed E-state index contributed by atoms with van der Waals surface area (Å²) >= 11 is 0. The normalized spacial score (nSPS) is 14.6. The molecule has 0 atom stereocenters. The summed E-state index contributed by atoms with van der Waals surface area (Å²) in [5, 5.41) is 3.45. The fourth-order valence-corrected chi connectivity index (χ4v) is 3.35. The third kappa shape index (κ3) is 2.91. The van der Waals surface area contributed by atoms with Crippen LogP contribution in [0.5, 0.6) is 0 Å². The van der Waals surface area contributed by atoms with Crippen molar-refractivity contribution < 1.29 is 0 Å². The van der Waals surface area contributed by atoms with E-state index in [1.165, 1.54) is 22.4 Å². The van der Waals surface area contributed by atoms with Gasteiger partial charge in [-0.25, -0.2) is 0 Å². The van der Waals surface area contributed by atoms with Gasteiger partial charge in [-0.2, -0.15) is 0 Å². The van der Waals surface area contributed by atoms with Crippen molar-refractivity contribution in [3.05, 3.63) is 72.9 Å². The molecule has 1 saturated heterocycles. The van der Waals surface area contributed by atoms with E-state index in [2.05, 4.69) is 75.9 Å². The van der Waals surface area contributed by atoms with Crippen LogP contribution in [0.1, 0.15) is 0 Å². The van der Waals surface area contributed by atoms with E-state index in [0.29, 0.717) is 0 Å². The Morgan fingerprint density at radius 1 is 0.750 bits per heavy atom. The van der Waals surface area contributed by atoms with Gasteiger partial charge in [0.1, 0.15) is 0 Å². The van der Waals surface area contributed by atoms with Crippen molar-refractivity contribution in [3.8, 4) is 22.4 Å². The Bertz CT molecular complexity index is 736. The number of hydrogen-bond donors (Lipinski definition) is 1. The number of piperazine rings is 1. The number of pyridine rings is 1. The first-order valence-corrected chi connectivity index (χ1v) is 8.49. The van der Waals surface area contributed by atoms with Gasteiger partial charge in [-0.15, -0.1) is 0 Å². The molecule has 1 aliphatic rings. The zero-order valence-electron chi connectivity index (χ0n) is 13.7. The fourth-order valence-electron chi connectivity index (χ4n) is 3.35. The summed E-state index contributed by atoms with van der Waals surface area (Å²) in [5.74, 6) is 0. The van der Waals surface area contributed by atoms with Crippen LogP contribution < -0.4 is 10.2 Å². The number of aromatic nitrogens is 1. The minimum absolute atomic E-state index is 1.02. The summed E-state index contributed by atoms with van der Waals surface area (Å²) in [6, 6.07) is 23.3. The van der Waals surface area contributed by atoms with E-state index >= 15 is 0 Å². The minimum atomic E-state index is 1.02. The van der Waals surface area contributed by atoms with Gasteiger partial charge >= 0.3 is 0 Å². The Morgan fingerprint density at radius 3 is 2.25 bits per heavy atom. The van der Waals surface area contributed by atoms with Crippen molar-refractivity contribution in [1.82, 2.24) is 10.3 Å². The van der Waals surface area contributed by atoms with E-state index in [-0.39, 0.29) is 0 Å². The van der Waals surface area contributed by atoms with E-state index in [0.717, 1.165) is 31.9 Å². The van der Waals surface area contributed by atoms with Gasteiger partial charge in [-0.3, -0.25) is 4.98 Å². The van der Waals surface area contributed by atoms with E-state index < -0.39 is 0 Å². The second kappa shape index (κ2) is 6.85. The van der Waals surface area contributed by atoms with Gasteiger partial charge in [0.15, 0.2) is 0 Å². The lowest BCUT2D eigenvalue weighted by molar-refractivity contribution is 0.590. The molecule has 4 rings (SSSR count). The minimum Gasteiger partial charge on any atom is -0.368 e. The molecule has 0 spiro atoms. The molecule has 3 nitrogen and oxygen atoms in total. The first-order valence-electron chi connectivity index (χ1n) is 8.49. The summed E-state index contributed by atoms with van der Waals surface area (Å²) < 4.78 is 0. The molecule has 0 radical (unpaired) electrons. The molecule has 0 amide bonds. The standard InChI is InChI=1S/C21H21N3/c1-2-7-17(8-3-1)18-9-6-10-19(20-11-4-5-12-23-20)21(18)24-15-13-22-14-16-24/h1-12,22H,13-16H2. The van der Waals surface area contributed by atoms with Crippen molar-refractivity contribution >= 4 is 5.69 Å². The van der Waals surface area contributed by atoms with Crippen LogP contribution in [0.4, 0.5) is 5.69 Å². The predicted octanol–water partition coefficient (Wildman–Crippen LogP) is 3.83. The third-order valence-corrected chi connectivity index (χ3v) is 4.49. The highest BCUT2D eigenvalue weighted by molar-refractivity contribution is 5.90. The molecule has 1 aromatic heterocycles. The van der Waals surface area contributed by atoms with Crippen molar-refractivity contribution in [3.63, 3.8) is 0 Å². The highest BCUT2D eigenvalue weighted by Crippen LogP contribution is 2.38. The van der Waals surface area contributed by atoms with Gasteiger partial charge in [0.2, 0.25) is 0 Å². The summed E-state index contributed by atoms with van der Waals surface area (Å²) in [7, 11) is 0. The second-order valence-electron chi connectivity index (χ2n) is 6.02. The van der Waals surface area contributed by atoms with Gasteiger partial charge in [0.05, 0.1) is 11.4 Å². The van der Waals surface area contributed by atoms with Crippen LogP contribution in [-0.2, 0) is 0 Å². The Morgan fingerprint density at radius 2 is 1.50 bits per heavy atom. The van der Waals surface area contributed by atoms with E-state index in [1.807, 2.05) is 12.3 Å². The van der Waals surface area contributed by atoms with Gasteiger partial charge in [0.25, 0.3) is 0 Å². The fraction of sp³-hybridized carbons (Fsp3) is 0.190. The lowest BCUT2D eigenvalue weighted by Crippen LogP contribution is -2.44. The van der Waals surface area contributed by atoms with E-state index in [1.54, 1.807) is 0 Å². The zero-order chi connectivity index (χ0) is 16.2. The highest BCUT2D eigenvalue weighted by Gasteiger charge is 2.20. The molecule has 1 aliphatic heterocycles. The molecular weight excluding hydrogens is 294 g/mol. The van der Waals surface area contributed by atoms with Crippen LogP contribution in [-0.4, -0.2) is 31.2 Å². The average Bonchev–Trinajstić information content (AvgIpc) is 2.69. The summed E-state index contributed by atoms with van der Waals surface area (Å²) in [6.07, 6.45) is 1.87. The summed E-state index contributed by atoms with van der Waals surface area (Å²) in [5.41, 5.74) is 6.07. The van der Waals surface area contributed by atoms with Gasteiger partial charge in [-0.05, 0) is 17.7 Å². The lowest BCUT2D eigenvalue weighted by Gasteiger charge is -2.33. The molecule has 1 N–H and O–H groups in total. The lowest BCUT2D eigenvalue weighted by atomic mass is 9.97. The van der Waals surface area contributed by atoms with Gasteiger partial charge in [0, 0.05) is 43.5 Å². The van der Waals surface area contributed by atoms with E-state index in [4.69, 9.17) is 0 Å². The van der Waals surface area contributed by atoms with Gasteiger partial charge in [-0.1, -0.05) is 54.6 Å². The number of hydrogen-bond acceptors (Lipinski definition) is 3. The SMILES string of the molecule is c1ccc(-c2cccc(-c3ccccn3)c2N2CCNCC2)cc1. The topological polar surface area (TPSA) is 28.2 Å². The van der Waals surface area contributed by atoms with Crippen molar-refractivity contribution in [2.24, 2.45) is 0 Å². The van der Waals surface area contributed by atoms with Crippen LogP contribution in [0, 0.1) is 0 Å². The number of rotatable bonds is 3. The number of benzene rings is 2. The number of nitrogens with zero attached hydrogens (tertiary/aromatic N) is 2. The number of para-hydroxylation sites is 1. The largest absolute Gasteiger partial charge is 0.368 e. The van der Waals surface area contributed by atoms with Crippen LogP contribution in [0.2, 0.25) is 0 Å². The summed E-state index contributed by atoms with van der Waals surface area (Å²) in [6.45, 7) is 4.07. The molecule has 1 fully saturated rings. The molecule has 2 aromatic carbocycles. The van der Waals surface area contributed by atoms with Crippen LogP contribution in [0.15, 0.2) is 72.9 Å². The Kier molecular flexibility index (Phi) is 4.26. The molecule has 2 heterocycles. The Balaban J connectivity index is 1.90. The van der Waals surface area contributed by atoms with Crippen LogP contribution in [0.3, 0.4) is 0 Å². The molecule has 0 saturated carbocycles. The van der Waals surface area contributed by atoms with E-state index in [9.17, 15) is 0 Å². The maximum absolute atomic E-state index is 4.60. The maximum atomic E-state index is 4.60. The molecule has 24 heavy (non-hydrogen) atoms. The summed E-state index contributed by atoms with van der Waals surface area (Å²) in [4.78, 5) is 7.09. The third-order valence-electron chi connectivity index (χ3n) is 4.49. The van der Waals surface area contributed by atoms with Crippen molar-refractivity contribution in [2.75, 3.05) is 31.1 Å². The second-order valence-corrected chi connectivity index (χ2v) is 6.02. The molecule has 3 aromatic rings. The highest BCUT2D eigenvalue weighted by atomic mass is 15.2. The van der Waals surface area contributed by atoms with Gasteiger partial charge < -0.3 is 10.2 Å². The van der Waals surface area contributed by atoms with Crippen molar-refractivity contribution in [2.45, 2.75) is 0 Å². The Hall–Kier alpha value is -2.65. The molecule has 120 valence electrons. The Labute approximate surface area is 143 Å². The van der Waals surface area contributed by atoms with Crippen LogP contribution in [0.25, 0.3) is 22.4 Å². The quantitative estimate of drug-likeness (QED) is 0.796. The molecule has 3 heteroatoms. The zero-order valence-corrected chi connectivity index (χ0v) is 13.7. The molecular formula is C21H21N3. The smallest absolute Gasteiger partial charge is 0.0723 e. The number of anilines is 1. The monoisotopic (exact) mass is 315 g/mol. The molecule has 0 bridgehead atoms. The maximum Gasteiger partial charge on any atom is 0.0723 e. The average molecular weight is 315 g/mol. The predicted molar refractivity (Wildman–Crippen MR) is 100 cm³/mol. The first kappa shape index (κ1) is 14.9.